The smallest absolute Gasteiger partial charge is 0.308 e. The van der Waals surface area contributed by atoms with Gasteiger partial charge in [-0.25, -0.2) is 0 Å². The number of hydrogen-bond acceptors (Lipinski definition) is 3. The van der Waals surface area contributed by atoms with Gasteiger partial charge in [-0.15, -0.1) is 0 Å². The van der Waals surface area contributed by atoms with Crippen LogP contribution < -0.4 is 5.32 Å². The van der Waals surface area contributed by atoms with Gasteiger partial charge in [-0.05, 0) is 42.5 Å². The van der Waals surface area contributed by atoms with Crippen molar-refractivity contribution in [2.75, 3.05) is 18.4 Å². The molecule has 122 valence electrons. The van der Waals surface area contributed by atoms with Crippen molar-refractivity contribution < 1.29 is 19.5 Å². The zero-order chi connectivity index (χ0) is 16.6. The molecule has 0 saturated carbocycles. The van der Waals surface area contributed by atoms with Crippen LogP contribution in [-0.2, 0) is 16.0 Å². The topological polar surface area (TPSA) is 86.7 Å². The van der Waals surface area contributed by atoms with Crippen LogP contribution in [0.5, 0.6) is 0 Å². The number of hydrogen-bond donors (Lipinski definition) is 2. The largest absolute Gasteiger partial charge is 0.481 e. The lowest BCUT2D eigenvalue weighted by molar-refractivity contribution is -0.143. The third-order valence-corrected chi connectivity index (χ3v) is 4.54. The molecule has 23 heavy (non-hydrogen) atoms. The van der Waals surface area contributed by atoms with Crippen LogP contribution in [0.3, 0.4) is 0 Å². The Morgan fingerprint density at radius 1 is 1.26 bits per heavy atom. The third kappa shape index (κ3) is 3.21. The zero-order valence-electron chi connectivity index (χ0n) is 13.0. The Morgan fingerprint density at radius 3 is 2.78 bits per heavy atom. The summed E-state index contributed by atoms with van der Waals surface area (Å²) in [5.41, 5.74) is 2.27. The van der Waals surface area contributed by atoms with Crippen molar-refractivity contribution in [1.82, 2.24) is 4.90 Å². The molecule has 0 spiro atoms. The van der Waals surface area contributed by atoms with Gasteiger partial charge in [0.2, 0.25) is 5.91 Å². The van der Waals surface area contributed by atoms with Crippen molar-refractivity contribution in [3.8, 4) is 0 Å². The van der Waals surface area contributed by atoms with Crippen LogP contribution in [0.1, 0.15) is 35.7 Å². The number of aliphatic carboxylic acids is 1. The van der Waals surface area contributed by atoms with Crippen LogP contribution >= 0.6 is 0 Å². The van der Waals surface area contributed by atoms with Gasteiger partial charge in [-0.2, -0.15) is 0 Å². The number of benzene rings is 1. The molecule has 2 aliphatic heterocycles. The maximum Gasteiger partial charge on any atom is 0.308 e. The average molecular weight is 316 g/mol. The minimum Gasteiger partial charge on any atom is -0.481 e. The molecule has 2 heterocycles. The van der Waals surface area contributed by atoms with Gasteiger partial charge in [-0.3, -0.25) is 14.4 Å². The van der Waals surface area contributed by atoms with Gasteiger partial charge < -0.3 is 15.3 Å². The number of nitrogens with zero attached hydrogens (tertiary/aromatic N) is 1. The van der Waals surface area contributed by atoms with Gasteiger partial charge >= 0.3 is 5.97 Å². The molecule has 0 aliphatic carbocycles. The SMILES string of the molecule is CC1CC(C(=O)O)CN(C(=O)c2ccc3c(c2)CCC(=O)N3)C1. The maximum absolute atomic E-state index is 12.7. The van der Waals surface area contributed by atoms with E-state index >= 15 is 0 Å². The molecule has 0 radical (unpaired) electrons. The van der Waals surface area contributed by atoms with Gasteiger partial charge in [0.1, 0.15) is 0 Å². The van der Waals surface area contributed by atoms with Crippen molar-refractivity contribution >= 4 is 23.5 Å². The van der Waals surface area contributed by atoms with Crippen molar-refractivity contribution in [1.29, 1.82) is 0 Å². The number of aryl methyl sites for hydroxylation is 1. The summed E-state index contributed by atoms with van der Waals surface area (Å²) in [5.74, 6) is -1.32. The molecular formula is C17H20N2O4. The van der Waals surface area contributed by atoms with Gasteiger partial charge in [0.15, 0.2) is 0 Å². The summed E-state index contributed by atoms with van der Waals surface area (Å²) in [7, 11) is 0. The number of anilines is 1. The Balaban J connectivity index is 1.80. The summed E-state index contributed by atoms with van der Waals surface area (Å²) < 4.78 is 0. The van der Waals surface area contributed by atoms with Gasteiger partial charge in [0.05, 0.1) is 5.92 Å². The number of nitrogens with one attached hydrogen (secondary N) is 1. The first-order valence-corrected chi connectivity index (χ1v) is 7.89. The number of carboxylic acid groups (broad SMARTS) is 1. The minimum atomic E-state index is -0.845. The lowest BCUT2D eigenvalue weighted by atomic mass is 9.90. The molecule has 1 aromatic rings. The van der Waals surface area contributed by atoms with E-state index in [-0.39, 0.29) is 24.3 Å². The predicted octanol–water partition coefficient (Wildman–Crippen LogP) is 1.75. The number of amides is 2. The number of piperidine rings is 1. The van der Waals surface area contributed by atoms with Crippen LogP contribution in [0.15, 0.2) is 18.2 Å². The van der Waals surface area contributed by atoms with Crippen LogP contribution in [-0.4, -0.2) is 40.9 Å². The lowest BCUT2D eigenvalue weighted by Crippen LogP contribution is -2.45. The molecule has 0 aromatic heterocycles. The summed E-state index contributed by atoms with van der Waals surface area (Å²) >= 11 is 0. The lowest BCUT2D eigenvalue weighted by Gasteiger charge is -2.35. The van der Waals surface area contributed by atoms with Crippen molar-refractivity contribution in [3.63, 3.8) is 0 Å². The molecule has 1 aromatic carbocycles. The summed E-state index contributed by atoms with van der Waals surface area (Å²) in [6, 6.07) is 5.26. The second-order valence-electron chi connectivity index (χ2n) is 6.51. The fourth-order valence-corrected chi connectivity index (χ4v) is 3.40. The van der Waals surface area contributed by atoms with E-state index < -0.39 is 11.9 Å². The first-order valence-electron chi connectivity index (χ1n) is 7.89. The molecule has 2 amide bonds. The normalized spacial score (nSPS) is 23.9. The van der Waals surface area contributed by atoms with Gasteiger partial charge in [0.25, 0.3) is 5.91 Å². The number of likely N-dealkylation sites (tertiary alicyclic amines) is 1. The Labute approximate surface area is 134 Å². The quantitative estimate of drug-likeness (QED) is 0.870. The molecule has 3 rings (SSSR count). The number of carbonyl (C=O) groups is 3. The monoisotopic (exact) mass is 316 g/mol. The second kappa shape index (κ2) is 6.02. The highest BCUT2D eigenvalue weighted by Gasteiger charge is 2.32. The fraction of sp³-hybridized carbons (Fsp3) is 0.471. The molecule has 2 N–H and O–H groups in total. The van der Waals surface area contributed by atoms with E-state index in [0.29, 0.717) is 31.4 Å². The van der Waals surface area contributed by atoms with Gasteiger partial charge in [0, 0.05) is 30.8 Å². The Morgan fingerprint density at radius 2 is 2.04 bits per heavy atom. The Bertz CT molecular complexity index is 671. The fourth-order valence-electron chi connectivity index (χ4n) is 3.40. The number of rotatable bonds is 2. The molecule has 0 bridgehead atoms. The highest BCUT2D eigenvalue weighted by molar-refractivity contribution is 5.98. The molecule has 6 heteroatoms. The second-order valence-corrected chi connectivity index (χ2v) is 6.51. The van der Waals surface area contributed by atoms with Crippen molar-refractivity contribution in [2.45, 2.75) is 26.2 Å². The molecule has 6 nitrogen and oxygen atoms in total. The van der Waals surface area contributed by atoms with Gasteiger partial charge in [-0.1, -0.05) is 6.92 Å². The van der Waals surface area contributed by atoms with Crippen LogP contribution in [0, 0.1) is 11.8 Å². The van der Waals surface area contributed by atoms with Crippen LogP contribution in [0.4, 0.5) is 5.69 Å². The van der Waals surface area contributed by atoms with E-state index in [1.54, 1.807) is 17.0 Å². The van der Waals surface area contributed by atoms with E-state index in [0.717, 1.165) is 11.3 Å². The molecule has 2 atom stereocenters. The van der Waals surface area contributed by atoms with E-state index in [9.17, 15) is 19.5 Å². The minimum absolute atomic E-state index is 0.00858. The highest BCUT2D eigenvalue weighted by Crippen LogP contribution is 2.27. The zero-order valence-corrected chi connectivity index (χ0v) is 13.0. The number of carbonyl (C=O) groups excluding carboxylic acids is 2. The van der Waals surface area contributed by atoms with Crippen LogP contribution in [0.25, 0.3) is 0 Å². The molecule has 1 saturated heterocycles. The third-order valence-electron chi connectivity index (χ3n) is 4.54. The summed E-state index contributed by atoms with van der Waals surface area (Å²) in [4.78, 5) is 37.0. The molecule has 2 aliphatic rings. The number of carboxylic acids is 1. The maximum atomic E-state index is 12.7. The van der Waals surface area contributed by atoms with Crippen LogP contribution in [0.2, 0.25) is 0 Å². The Kier molecular flexibility index (Phi) is 4.07. The van der Waals surface area contributed by atoms with E-state index in [4.69, 9.17) is 0 Å². The summed E-state index contributed by atoms with van der Waals surface area (Å²) in [5, 5.41) is 12.0. The highest BCUT2D eigenvalue weighted by atomic mass is 16.4. The summed E-state index contributed by atoms with van der Waals surface area (Å²) in [6.07, 6.45) is 1.65. The number of fused-ring (bicyclic) bond motifs is 1. The average Bonchev–Trinajstić information content (AvgIpc) is 2.53. The first-order chi connectivity index (χ1) is 10.9. The standard InChI is InChI=1S/C17H20N2O4/c1-10-6-13(17(22)23)9-19(8-10)16(21)12-2-4-14-11(7-12)3-5-15(20)18-14/h2,4,7,10,13H,3,5-6,8-9H2,1H3,(H,18,20)(H,22,23). The Hall–Kier alpha value is -2.37. The first kappa shape index (κ1) is 15.5. The van der Waals surface area contributed by atoms with E-state index in [2.05, 4.69) is 5.32 Å². The van der Waals surface area contributed by atoms with Crippen molar-refractivity contribution in [2.24, 2.45) is 11.8 Å². The molecule has 1 fully saturated rings. The molecule has 2 unspecified atom stereocenters. The van der Waals surface area contributed by atoms with E-state index in [1.807, 2.05) is 13.0 Å². The summed E-state index contributed by atoms with van der Waals surface area (Å²) in [6.45, 7) is 2.81. The molecular weight excluding hydrogens is 296 g/mol. The predicted molar refractivity (Wildman–Crippen MR) is 84.2 cm³/mol. The van der Waals surface area contributed by atoms with Crippen molar-refractivity contribution in [3.05, 3.63) is 29.3 Å². The van der Waals surface area contributed by atoms with E-state index in [1.165, 1.54) is 0 Å².